The maximum absolute atomic E-state index is 12.7. The van der Waals surface area contributed by atoms with E-state index < -0.39 is 6.03 Å². The normalized spacial score (nSPS) is 22.4. The van der Waals surface area contributed by atoms with Gasteiger partial charge in [-0.15, -0.1) is 0 Å². The van der Waals surface area contributed by atoms with Gasteiger partial charge in [-0.2, -0.15) is 0 Å². The maximum atomic E-state index is 12.7. The molecule has 2 aliphatic rings. The lowest BCUT2D eigenvalue weighted by atomic mass is 9.96. The number of piperazine rings is 1. The zero-order valence-corrected chi connectivity index (χ0v) is 13.9. The molecule has 3 rings (SSSR count). The van der Waals surface area contributed by atoms with Crippen LogP contribution in [0.5, 0.6) is 0 Å². The summed E-state index contributed by atoms with van der Waals surface area (Å²) in [5, 5.41) is 0. The molecule has 24 heavy (non-hydrogen) atoms. The van der Waals surface area contributed by atoms with Crippen LogP contribution in [0.3, 0.4) is 0 Å². The topological polar surface area (TPSA) is 82.8 Å². The number of urea groups is 1. The molecular weight excluding hydrogens is 306 g/mol. The fourth-order valence-corrected chi connectivity index (χ4v) is 3.48. The van der Waals surface area contributed by atoms with Crippen LogP contribution in [0.2, 0.25) is 0 Å². The van der Waals surface area contributed by atoms with Gasteiger partial charge in [0.2, 0.25) is 5.91 Å². The number of nitrogens with two attached hydrogens (primary N) is 1. The van der Waals surface area contributed by atoms with E-state index in [2.05, 4.69) is 9.88 Å². The number of primary amides is 1. The molecule has 3 amide bonds. The van der Waals surface area contributed by atoms with Crippen LogP contribution >= 0.6 is 0 Å². The molecule has 2 N–H and O–H groups in total. The molecule has 1 aromatic heterocycles. The first-order valence-corrected chi connectivity index (χ1v) is 8.59. The summed E-state index contributed by atoms with van der Waals surface area (Å²) in [5.74, 6) is 0.0621. The Balaban J connectivity index is 1.49. The lowest BCUT2D eigenvalue weighted by molar-refractivity contribution is -0.138. The summed E-state index contributed by atoms with van der Waals surface area (Å²) < 4.78 is 0. The van der Waals surface area contributed by atoms with Gasteiger partial charge in [0.05, 0.1) is 11.6 Å². The van der Waals surface area contributed by atoms with Gasteiger partial charge in [-0.05, 0) is 25.0 Å². The van der Waals surface area contributed by atoms with Crippen molar-refractivity contribution < 1.29 is 9.59 Å². The molecule has 2 aliphatic heterocycles. The number of pyridine rings is 1. The van der Waals surface area contributed by atoms with Gasteiger partial charge in [0.25, 0.3) is 0 Å². The molecule has 0 saturated carbocycles. The number of piperidine rings is 1. The van der Waals surface area contributed by atoms with E-state index in [-0.39, 0.29) is 11.8 Å². The molecular formula is C17H25N5O2. The minimum Gasteiger partial charge on any atom is -0.351 e. The molecule has 0 radical (unpaired) electrons. The predicted molar refractivity (Wildman–Crippen MR) is 90.0 cm³/mol. The Bertz CT molecular complexity index is 572. The monoisotopic (exact) mass is 331 g/mol. The molecule has 3 heterocycles. The number of amides is 3. The van der Waals surface area contributed by atoms with Crippen LogP contribution in [0.15, 0.2) is 24.4 Å². The quantitative estimate of drug-likeness (QED) is 0.875. The van der Waals surface area contributed by atoms with Gasteiger partial charge in [0, 0.05) is 52.0 Å². The summed E-state index contributed by atoms with van der Waals surface area (Å²) in [6, 6.07) is 5.51. The number of likely N-dealkylation sites (tertiary alicyclic amines) is 1. The minimum atomic E-state index is -0.423. The fraction of sp³-hybridized carbons (Fsp3) is 0.588. The van der Waals surface area contributed by atoms with Crippen LogP contribution in [0.25, 0.3) is 0 Å². The number of carbonyl (C=O) groups excluding carboxylic acids is 2. The molecule has 0 spiro atoms. The van der Waals surface area contributed by atoms with Crippen molar-refractivity contribution in [3.63, 3.8) is 0 Å². The number of nitrogens with zero attached hydrogens (tertiary/aromatic N) is 4. The number of carbonyl (C=O) groups is 2. The highest BCUT2D eigenvalue weighted by Crippen LogP contribution is 2.20. The molecule has 1 unspecified atom stereocenters. The first kappa shape index (κ1) is 16.7. The van der Waals surface area contributed by atoms with E-state index in [9.17, 15) is 9.59 Å². The van der Waals surface area contributed by atoms with Crippen LogP contribution in [-0.2, 0) is 11.3 Å². The Morgan fingerprint density at radius 1 is 1.12 bits per heavy atom. The first-order chi connectivity index (χ1) is 11.6. The number of hydrogen-bond acceptors (Lipinski definition) is 4. The Morgan fingerprint density at radius 2 is 1.92 bits per heavy atom. The van der Waals surface area contributed by atoms with E-state index in [1.807, 2.05) is 29.3 Å². The lowest BCUT2D eigenvalue weighted by Gasteiger charge is -2.38. The number of hydrogen-bond donors (Lipinski definition) is 1. The van der Waals surface area contributed by atoms with Crippen molar-refractivity contribution in [3.8, 4) is 0 Å². The lowest BCUT2D eigenvalue weighted by Crippen LogP contribution is -2.53. The third-order valence-corrected chi connectivity index (χ3v) is 4.88. The van der Waals surface area contributed by atoms with Crippen molar-refractivity contribution in [3.05, 3.63) is 30.1 Å². The first-order valence-electron chi connectivity index (χ1n) is 8.59. The van der Waals surface area contributed by atoms with Gasteiger partial charge in [-0.25, -0.2) is 4.79 Å². The van der Waals surface area contributed by atoms with E-state index in [1.165, 1.54) is 0 Å². The van der Waals surface area contributed by atoms with Crippen LogP contribution < -0.4 is 5.73 Å². The third kappa shape index (κ3) is 4.03. The van der Waals surface area contributed by atoms with Gasteiger partial charge in [-0.3, -0.25) is 14.7 Å². The van der Waals surface area contributed by atoms with Crippen molar-refractivity contribution in [2.24, 2.45) is 11.7 Å². The Labute approximate surface area is 142 Å². The zero-order valence-electron chi connectivity index (χ0n) is 13.9. The number of aromatic nitrogens is 1. The standard InChI is InChI=1S/C17H25N5O2/c18-17(24)22-7-3-4-14(12-22)16(23)21-10-8-20(9-11-21)13-15-5-1-2-6-19-15/h1-2,5-6,14H,3-4,7-13H2,(H2,18,24). The molecule has 2 saturated heterocycles. The molecule has 7 nitrogen and oxygen atoms in total. The van der Waals surface area contributed by atoms with Gasteiger partial charge >= 0.3 is 6.03 Å². The van der Waals surface area contributed by atoms with E-state index in [0.717, 1.165) is 51.3 Å². The SMILES string of the molecule is NC(=O)N1CCCC(C(=O)N2CCN(Cc3ccccn3)CC2)C1. The predicted octanol–water partition coefficient (Wildman–Crippen LogP) is 0.517. The largest absolute Gasteiger partial charge is 0.351 e. The van der Waals surface area contributed by atoms with E-state index >= 15 is 0 Å². The molecule has 1 aromatic rings. The highest BCUT2D eigenvalue weighted by atomic mass is 16.2. The van der Waals surface area contributed by atoms with E-state index in [1.54, 1.807) is 4.90 Å². The second kappa shape index (κ2) is 7.61. The second-order valence-electron chi connectivity index (χ2n) is 6.55. The summed E-state index contributed by atoms with van der Waals surface area (Å²) in [5.41, 5.74) is 6.41. The number of rotatable bonds is 3. The van der Waals surface area contributed by atoms with Gasteiger partial charge < -0.3 is 15.5 Å². The smallest absolute Gasteiger partial charge is 0.314 e. The summed E-state index contributed by atoms with van der Waals surface area (Å²) in [7, 11) is 0. The molecule has 130 valence electrons. The average molecular weight is 331 g/mol. The van der Waals surface area contributed by atoms with Gasteiger partial charge in [0.1, 0.15) is 0 Å². The van der Waals surface area contributed by atoms with Crippen molar-refractivity contribution in [2.45, 2.75) is 19.4 Å². The van der Waals surface area contributed by atoms with Crippen LogP contribution in [0.1, 0.15) is 18.5 Å². The molecule has 1 atom stereocenters. The summed E-state index contributed by atoms with van der Waals surface area (Å²) in [6.07, 6.45) is 3.50. The Kier molecular flexibility index (Phi) is 5.30. The van der Waals surface area contributed by atoms with Gasteiger partial charge in [-0.1, -0.05) is 6.07 Å². The van der Waals surface area contributed by atoms with Crippen molar-refractivity contribution in [2.75, 3.05) is 39.3 Å². The van der Waals surface area contributed by atoms with E-state index in [4.69, 9.17) is 5.73 Å². The second-order valence-corrected chi connectivity index (χ2v) is 6.55. The van der Waals surface area contributed by atoms with Crippen molar-refractivity contribution in [1.29, 1.82) is 0 Å². The molecule has 0 aliphatic carbocycles. The highest BCUT2D eigenvalue weighted by molar-refractivity contribution is 5.80. The Morgan fingerprint density at radius 3 is 2.58 bits per heavy atom. The van der Waals surface area contributed by atoms with Crippen molar-refractivity contribution in [1.82, 2.24) is 19.7 Å². The average Bonchev–Trinajstić information content (AvgIpc) is 2.63. The molecule has 7 heteroatoms. The summed E-state index contributed by atoms with van der Waals surface area (Å²) in [4.78, 5) is 34.2. The minimum absolute atomic E-state index is 0.103. The van der Waals surface area contributed by atoms with Crippen LogP contribution in [0, 0.1) is 5.92 Å². The third-order valence-electron chi connectivity index (χ3n) is 4.88. The van der Waals surface area contributed by atoms with E-state index in [0.29, 0.717) is 13.1 Å². The zero-order chi connectivity index (χ0) is 16.9. The summed E-state index contributed by atoms with van der Waals surface area (Å²) in [6.45, 7) is 5.13. The van der Waals surface area contributed by atoms with Gasteiger partial charge in [0.15, 0.2) is 0 Å². The van der Waals surface area contributed by atoms with Crippen LogP contribution in [0.4, 0.5) is 4.79 Å². The molecule has 0 aromatic carbocycles. The maximum Gasteiger partial charge on any atom is 0.314 e. The summed E-state index contributed by atoms with van der Waals surface area (Å²) >= 11 is 0. The highest BCUT2D eigenvalue weighted by Gasteiger charge is 2.32. The molecule has 2 fully saturated rings. The molecule has 0 bridgehead atoms. The van der Waals surface area contributed by atoms with Crippen molar-refractivity contribution >= 4 is 11.9 Å². The van der Waals surface area contributed by atoms with Crippen LogP contribution in [-0.4, -0.2) is 70.9 Å². The fourth-order valence-electron chi connectivity index (χ4n) is 3.48. The Hall–Kier alpha value is -2.15.